The van der Waals surface area contributed by atoms with Gasteiger partial charge in [-0.15, -0.1) is 11.6 Å². The van der Waals surface area contributed by atoms with Crippen molar-refractivity contribution in [2.75, 3.05) is 19.5 Å². The smallest absolute Gasteiger partial charge is 0.149 e. The minimum absolute atomic E-state index is 0.0151. The van der Waals surface area contributed by atoms with Crippen LogP contribution in [0.25, 0.3) is 0 Å². The van der Waals surface area contributed by atoms with Gasteiger partial charge in [0.1, 0.15) is 12.0 Å². The number of benzene rings is 1. The number of aryl methyl sites for hydroxylation is 1. The Labute approximate surface area is 148 Å². The first-order valence-corrected chi connectivity index (χ1v) is 9.00. The molecule has 0 spiro atoms. The maximum Gasteiger partial charge on any atom is 0.149 e. The molecular weight excluding hydrogens is 306 g/mol. The fraction of sp³-hybridized carbons (Fsp3) is 0.700. The van der Waals surface area contributed by atoms with Crippen LogP contribution >= 0.6 is 11.6 Å². The first-order valence-electron chi connectivity index (χ1n) is 8.46. The van der Waals surface area contributed by atoms with Crippen LogP contribution in [0, 0.1) is 6.92 Å². The number of ether oxygens (including phenoxy) is 1. The Morgan fingerprint density at radius 1 is 1.04 bits per heavy atom. The summed E-state index contributed by atoms with van der Waals surface area (Å²) in [6, 6.07) is 4.53. The van der Waals surface area contributed by atoms with Gasteiger partial charge in [0.2, 0.25) is 0 Å². The van der Waals surface area contributed by atoms with Crippen LogP contribution in [0.15, 0.2) is 12.1 Å². The number of hydrogen-bond donors (Lipinski definition) is 0. The summed E-state index contributed by atoms with van der Waals surface area (Å²) in [5.41, 5.74) is 3.90. The van der Waals surface area contributed by atoms with E-state index in [0.29, 0.717) is 5.88 Å². The highest BCUT2D eigenvalue weighted by atomic mass is 35.5. The van der Waals surface area contributed by atoms with Crippen LogP contribution in [0.2, 0.25) is 0 Å². The van der Waals surface area contributed by atoms with Gasteiger partial charge in [0.15, 0.2) is 0 Å². The molecule has 0 amide bonds. The van der Waals surface area contributed by atoms with Crippen LogP contribution in [0.3, 0.4) is 0 Å². The van der Waals surface area contributed by atoms with Crippen molar-refractivity contribution in [1.82, 2.24) is 4.90 Å². The molecule has 0 radical (unpaired) electrons. The quantitative estimate of drug-likeness (QED) is 0.520. The fourth-order valence-corrected chi connectivity index (χ4v) is 2.86. The second kappa shape index (κ2) is 7.44. The van der Waals surface area contributed by atoms with Gasteiger partial charge in [-0.25, -0.2) is 0 Å². The molecule has 0 bridgehead atoms. The van der Waals surface area contributed by atoms with E-state index in [-0.39, 0.29) is 17.1 Å². The predicted molar refractivity (Wildman–Crippen MR) is 102 cm³/mol. The van der Waals surface area contributed by atoms with E-state index in [2.05, 4.69) is 79.5 Å². The zero-order valence-corrected chi connectivity index (χ0v) is 17.1. The Morgan fingerprint density at radius 2 is 1.48 bits per heavy atom. The van der Waals surface area contributed by atoms with Crippen molar-refractivity contribution in [3.63, 3.8) is 0 Å². The lowest BCUT2D eigenvalue weighted by atomic mass is 9.78. The molecule has 3 heteroatoms. The molecule has 0 saturated heterocycles. The van der Waals surface area contributed by atoms with Gasteiger partial charge < -0.3 is 4.74 Å². The normalized spacial score (nSPS) is 14.2. The summed E-state index contributed by atoms with van der Waals surface area (Å²) in [4.78, 5) is 2.14. The van der Waals surface area contributed by atoms with Crippen LogP contribution in [-0.2, 0) is 10.8 Å². The molecule has 1 aromatic carbocycles. The number of halogens is 1. The zero-order chi connectivity index (χ0) is 18.0. The van der Waals surface area contributed by atoms with E-state index in [0.717, 1.165) is 12.3 Å². The third-order valence-electron chi connectivity index (χ3n) is 4.20. The molecule has 2 nitrogen and oxygen atoms in total. The SMILES string of the molecule is Cc1cc(C(C)(C)C)c(OC(C)N(C)CCCl)c(C(C)(C)C)c1. The van der Waals surface area contributed by atoms with E-state index in [1.165, 1.54) is 16.7 Å². The van der Waals surface area contributed by atoms with Crippen molar-refractivity contribution in [3.05, 3.63) is 28.8 Å². The molecule has 0 saturated carbocycles. The highest BCUT2D eigenvalue weighted by molar-refractivity contribution is 6.18. The van der Waals surface area contributed by atoms with Gasteiger partial charge in [-0.2, -0.15) is 0 Å². The minimum Gasteiger partial charge on any atom is -0.475 e. The van der Waals surface area contributed by atoms with E-state index in [4.69, 9.17) is 16.3 Å². The van der Waals surface area contributed by atoms with Gasteiger partial charge >= 0.3 is 0 Å². The van der Waals surface area contributed by atoms with E-state index in [1.54, 1.807) is 0 Å². The molecule has 1 aromatic rings. The largest absolute Gasteiger partial charge is 0.475 e. The predicted octanol–water partition coefficient (Wildman–Crippen LogP) is 5.49. The first kappa shape index (κ1) is 20.3. The van der Waals surface area contributed by atoms with Crippen molar-refractivity contribution in [2.45, 2.75) is 72.4 Å². The maximum atomic E-state index is 6.47. The molecule has 0 N–H and O–H groups in total. The van der Waals surface area contributed by atoms with Gasteiger partial charge in [-0.05, 0) is 31.7 Å². The Balaban J connectivity index is 3.41. The van der Waals surface area contributed by atoms with Gasteiger partial charge in [0.25, 0.3) is 0 Å². The lowest BCUT2D eigenvalue weighted by Crippen LogP contribution is -2.36. The van der Waals surface area contributed by atoms with Crippen molar-refractivity contribution in [1.29, 1.82) is 0 Å². The summed E-state index contributed by atoms with van der Waals surface area (Å²) in [5, 5.41) is 0. The Bertz CT molecular complexity index is 490. The first-order chi connectivity index (χ1) is 10.4. The number of nitrogens with zero attached hydrogens (tertiary/aromatic N) is 1. The molecule has 23 heavy (non-hydrogen) atoms. The number of rotatable bonds is 5. The monoisotopic (exact) mass is 339 g/mol. The van der Waals surface area contributed by atoms with Gasteiger partial charge in [-0.3, -0.25) is 4.90 Å². The minimum atomic E-state index is -0.0151. The summed E-state index contributed by atoms with van der Waals surface area (Å²) >= 11 is 5.87. The molecule has 0 aliphatic rings. The molecule has 1 rings (SSSR count). The van der Waals surface area contributed by atoms with Crippen LogP contribution in [0.4, 0.5) is 0 Å². The summed E-state index contributed by atoms with van der Waals surface area (Å²) in [7, 11) is 2.05. The van der Waals surface area contributed by atoms with Crippen molar-refractivity contribution in [2.24, 2.45) is 0 Å². The molecule has 0 aromatic heterocycles. The Hall–Kier alpha value is -0.730. The zero-order valence-electron chi connectivity index (χ0n) is 16.4. The van der Waals surface area contributed by atoms with Crippen molar-refractivity contribution in [3.8, 4) is 5.75 Å². The van der Waals surface area contributed by atoms with Crippen LogP contribution in [0.5, 0.6) is 5.75 Å². The van der Waals surface area contributed by atoms with Crippen LogP contribution < -0.4 is 4.74 Å². The second-order valence-corrected chi connectivity index (χ2v) is 8.95. The van der Waals surface area contributed by atoms with Crippen LogP contribution in [0.1, 0.15) is 65.2 Å². The Kier molecular flexibility index (Phi) is 6.57. The van der Waals surface area contributed by atoms with Gasteiger partial charge in [-0.1, -0.05) is 59.2 Å². The molecule has 1 atom stereocenters. The molecule has 0 heterocycles. The average molecular weight is 340 g/mol. The van der Waals surface area contributed by atoms with Crippen LogP contribution in [-0.4, -0.2) is 30.6 Å². The van der Waals surface area contributed by atoms with E-state index >= 15 is 0 Å². The van der Waals surface area contributed by atoms with E-state index in [1.807, 2.05) is 0 Å². The third-order valence-corrected chi connectivity index (χ3v) is 4.36. The molecule has 0 fully saturated rings. The van der Waals surface area contributed by atoms with Crippen molar-refractivity contribution < 1.29 is 4.74 Å². The molecular formula is C20H34ClNO. The summed E-state index contributed by atoms with van der Waals surface area (Å²) in [5.74, 6) is 1.64. The highest BCUT2D eigenvalue weighted by Crippen LogP contribution is 2.41. The molecule has 0 aliphatic heterocycles. The average Bonchev–Trinajstić information content (AvgIpc) is 2.38. The lowest BCUT2D eigenvalue weighted by molar-refractivity contribution is 0.0622. The lowest BCUT2D eigenvalue weighted by Gasteiger charge is -2.33. The summed E-state index contributed by atoms with van der Waals surface area (Å²) in [6.07, 6.45) is -0.0151. The van der Waals surface area contributed by atoms with Gasteiger partial charge in [0, 0.05) is 23.6 Å². The highest BCUT2D eigenvalue weighted by Gasteiger charge is 2.28. The third kappa shape index (κ3) is 5.39. The standard InChI is InChI=1S/C20H34ClNO/c1-14-12-16(19(3,4)5)18(17(13-14)20(6,7)8)23-15(2)22(9)11-10-21/h12-13,15H,10-11H2,1-9H3. The number of hydrogen-bond acceptors (Lipinski definition) is 2. The summed E-state index contributed by atoms with van der Waals surface area (Å²) < 4.78 is 6.47. The second-order valence-electron chi connectivity index (χ2n) is 8.58. The number of alkyl halides is 1. The Morgan fingerprint density at radius 3 is 1.83 bits per heavy atom. The van der Waals surface area contributed by atoms with E-state index < -0.39 is 0 Å². The van der Waals surface area contributed by atoms with E-state index in [9.17, 15) is 0 Å². The topological polar surface area (TPSA) is 12.5 Å². The van der Waals surface area contributed by atoms with Crippen molar-refractivity contribution >= 4 is 11.6 Å². The summed E-state index contributed by atoms with van der Waals surface area (Å²) in [6.45, 7) is 18.5. The molecule has 0 aliphatic carbocycles. The molecule has 132 valence electrons. The maximum absolute atomic E-state index is 6.47. The van der Waals surface area contributed by atoms with Gasteiger partial charge in [0.05, 0.1) is 0 Å². The fourth-order valence-electron chi connectivity index (χ4n) is 2.59. The molecule has 1 unspecified atom stereocenters.